The van der Waals surface area contributed by atoms with Gasteiger partial charge in [-0.15, -0.1) is 16.4 Å². The maximum Gasteiger partial charge on any atom is 0.352 e. The number of hydrogen-bond donors (Lipinski definition) is 1. The fourth-order valence-electron chi connectivity index (χ4n) is 3.34. The second-order valence-electron chi connectivity index (χ2n) is 7.13. The molecule has 0 saturated carbocycles. The van der Waals surface area contributed by atoms with Crippen molar-refractivity contribution in [3.05, 3.63) is 80.8 Å². The summed E-state index contributed by atoms with van der Waals surface area (Å²) in [6.45, 7) is 1.86. The Morgan fingerprint density at radius 3 is 2.61 bits per heavy atom. The van der Waals surface area contributed by atoms with Crippen LogP contribution in [-0.2, 0) is 11.3 Å². The molecule has 154 valence electrons. The van der Waals surface area contributed by atoms with Gasteiger partial charge >= 0.3 is 5.69 Å². The van der Waals surface area contributed by atoms with Crippen molar-refractivity contribution >= 4 is 54.7 Å². The highest BCUT2D eigenvalue weighted by molar-refractivity contribution is 9.10. The van der Waals surface area contributed by atoms with Gasteiger partial charge in [0, 0.05) is 21.1 Å². The molecule has 1 N–H and O–H groups in total. The third kappa shape index (κ3) is 3.66. The number of halogens is 1. The Kier molecular flexibility index (Phi) is 4.91. The molecule has 0 aliphatic rings. The highest BCUT2D eigenvalue weighted by Gasteiger charge is 2.17. The van der Waals surface area contributed by atoms with Crippen molar-refractivity contribution in [2.24, 2.45) is 0 Å². The van der Waals surface area contributed by atoms with Crippen molar-refractivity contribution in [3.63, 3.8) is 0 Å². The molecule has 1 amide bonds. The van der Waals surface area contributed by atoms with E-state index in [9.17, 15) is 9.59 Å². The van der Waals surface area contributed by atoms with Gasteiger partial charge in [0.1, 0.15) is 12.9 Å². The van der Waals surface area contributed by atoms with Gasteiger partial charge in [0.15, 0.2) is 5.65 Å². The first-order valence-electron chi connectivity index (χ1n) is 9.47. The van der Waals surface area contributed by atoms with Gasteiger partial charge in [-0.1, -0.05) is 45.8 Å². The molecular weight excluding hydrogens is 478 g/mol. The van der Waals surface area contributed by atoms with E-state index in [1.807, 2.05) is 24.4 Å². The molecule has 5 rings (SSSR count). The highest BCUT2D eigenvalue weighted by Crippen LogP contribution is 2.34. The number of aromatic nitrogens is 4. The third-order valence-corrected chi connectivity index (χ3v) is 6.42. The number of nitrogens with zero attached hydrogens (tertiary/aromatic N) is 4. The molecule has 9 heteroatoms. The Hall–Kier alpha value is -3.30. The van der Waals surface area contributed by atoms with Crippen LogP contribution in [0, 0.1) is 6.92 Å². The second-order valence-corrected chi connectivity index (χ2v) is 8.92. The summed E-state index contributed by atoms with van der Waals surface area (Å²) in [5, 5.41) is 9.22. The monoisotopic (exact) mass is 493 g/mol. The Balaban J connectivity index is 1.49. The number of nitrogens with one attached hydrogen (secondary N) is 1. The molecule has 2 aromatic carbocycles. The number of rotatable bonds is 4. The lowest BCUT2D eigenvalue weighted by molar-refractivity contribution is -0.117. The Labute approximate surface area is 189 Å². The van der Waals surface area contributed by atoms with Crippen molar-refractivity contribution in [1.29, 1.82) is 0 Å². The fourth-order valence-corrected chi connectivity index (χ4v) is 4.61. The van der Waals surface area contributed by atoms with Gasteiger partial charge in [0.2, 0.25) is 5.91 Å². The minimum Gasteiger partial charge on any atom is -0.324 e. The van der Waals surface area contributed by atoms with E-state index in [0.717, 1.165) is 30.5 Å². The zero-order valence-electron chi connectivity index (χ0n) is 16.4. The molecule has 5 aromatic rings. The summed E-state index contributed by atoms with van der Waals surface area (Å²) in [7, 11) is 0. The van der Waals surface area contributed by atoms with Crippen molar-refractivity contribution < 1.29 is 4.79 Å². The normalized spacial score (nSPS) is 11.3. The Bertz CT molecular complexity index is 1480. The molecule has 0 saturated heterocycles. The number of amides is 1. The number of hydrogen-bond acceptors (Lipinski definition) is 5. The maximum atomic E-state index is 12.8. The van der Waals surface area contributed by atoms with E-state index < -0.39 is 5.69 Å². The van der Waals surface area contributed by atoms with Crippen molar-refractivity contribution in [1.82, 2.24) is 19.2 Å². The fraction of sp³-hybridized carbons (Fsp3) is 0.0909. The molecule has 7 nitrogen and oxygen atoms in total. The largest absolute Gasteiger partial charge is 0.352 e. The number of carbonyl (C=O) groups is 1. The van der Waals surface area contributed by atoms with E-state index in [4.69, 9.17) is 0 Å². The molecule has 3 heterocycles. The van der Waals surface area contributed by atoms with E-state index in [2.05, 4.69) is 55.6 Å². The molecule has 0 atom stereocenters. The van der Waals surface area contributed by atoms with Gasteiger partial charge in [-0.25, -0.2) is 18.9 Å². The minimum atomic E-state index is -0.402. The van der Waals surface area contributed by atoms with Crippen LogP contribution in [-0.4, -0.2) is 25.1 Å². The van der Waals surface area contributed by atoms with Gasteiger partial charge in [-0.2, -0.15) is 0 Å². The molecule has 0 unspecified atom stereocenters. The quantitative estimate of drug-likeness (QED) is 0.400. The van der Waals surface area contributed by atoms with Gasteiger partial charge in [-0.3, -0.25) is 4.79 Å². The van der Waals surface area contributed by atoms with Crippen LogP contribution in [0.25, 0.3) is 27.0 Å². The van der Waals surface area contributed by atoms with Crippen LogP contribution in [0.3, 0.4) is 0 Å². The number of benzene rings is 2. The summed E-state index contributed by atoms with van der Waals surface area (Å²) in [6, 6.07) is 15.4. The highest BCUT2D eigenvalue weighted by atomic mass is 79.9. The smallest absolute Gasteiger partial charge is 0.324 e. The Morgan fingerprint density at radius 1 is 1.13 bits per heavy atom. The number of anilines is 1. The van der Waals surface area contributed by atoms with Gasteiger partial charge < -0.3 is 5.32 Å². The van der Waals surface area contributed by atoms with Crippen LogP contribution < -0.4 is 11.0 Å². The first-order chi connectivity index (χ1) is 15.0. The standard InChI is InChI=1S/C22H16BrN5O2S/c1-13-2-4-14(5-3-13)17-11-31-20-19(17)24-12-27-21(20)26-28(22(27)30)10-18(29)25-16-8-6-15(23)7-9-16/h2-9,11-12H,10H2,1H3,(H,25,29). The Morgan fingerprint density at radius 2 is 1.87 bits per heavy atom. The predicted octanol–water partition coefficient (Wildman–Crippen LogP) is 4.48. The molecular formula is C22H16BrN5O2S. The summed E-state index contributed by atoms with van der Waals surface area (Å²) in [5.74, 6) is -0.330. The second kappa shape index (κ2) is 7.75. The lowest BCUT2D eigenvalue weighted by Crippen LogP contribution is -2.28. The lowest BCUT2D eigenvalue weighted by atomic mass is 10.1. The van der Waals surface area contributed by atoms with E-state index in [1.54, 1.807) is 12.1 Å². The van der Waals surface area contributed by atoms with Crippen LogP contribution in [0.5, 0.6) is 0 Å². The van der Waals surface area contributed by atoms with Crippen LogP contribution >= 0.6 is 27.3 Å². The zero-order chi connectivity index (χ0) is 21.5. The predicted molar refractivity (Wildman–Crippen MR) is 126 cm³/mol. The summed E-state index contributed by atoms with van der Waals surface area (Å²) in [4.78, 5) is 29.7. The average molecular weight is 494 g/mol. The summed E-state index contributed by atoms with van der Waals surface area (Å²) in [6.07, 6.45) is 1.47. The number of fused-ring (bicyclic) bond motifs is 3. The molecule has 0 radical (unpaired) electrons. The topological polar surface area (TPSA) is 81.3 Å². The van der Waals surface area contributed by atoms with E-state index in [1.165, 1.54) is 27.6 Å². The number of aryl methyl sites for hydroxylation is 1. The number of carbonyl (C=O) groups excluding carboxylic acids is 1. The molecule has 0 spiro atoms. The first-order valence-corrected chi connectivity index (χ1v) is 11.1. The summed E-state index contributed by atoms with van der Waals surface area (Å²) >= 11 is 4.84. The third-order valence-electron chi connectivity index (χ3n) is 4.92. The van der Waals surface area contributed by atoms with Gasteiger partial charge in [-0.05, 0) is 36.8 Å². The molecule has 0 fully saturated rings. The van der Waals surface area contributed by atoms with E-state index in [0.29, 0.717) is 11.3 Å². The van der Waals surface area contributed by atoms with Gasteiger partial charge in [0.05, 0.1) is 10.2 Å². The van der Waals surface area contributed by atoms with Gasteiger partial charge in [0.25, 0.3) is 0 Å². The SMILES string of the molecule is Cc1ccc(-c2csc3c2ncn2c(=O)n(CC(=O)Nc4ccc(Br)cc4)nc32)cc1. The van der Waals surface area contributed by atoms with E-state index in [-0.39, 0.29) is 12.5 Å². The van der Waals surface area contributed by atoms with E-state index >= 15 is 0 Å². The van der Waals surface area contributed by atoms with Crippen LogP contribution in [0.15, 0.2) is 69.5 Å². The van der Waals surface area contributed by atoms with Crippen molar-refractivity contribution in [2.45, 2.75) is 13.5 Å². The lowest BCUT2D eigenvalue weighted by Gasteiger charge is -2.04. The molecule has 0 aliphatic carbocycles. The average Bonchev–Trinajstić information content (AvgIpc) is 3.32. The summed E-state index contributed by atoms with van der Waals surface area (Å²) < 4.78 is 4.27. The summed E-state index contributed by atoms with van der Waals surface area (Å²) in [5.41, 5.74) is 4.77. The molecule has 31 heavy (non-hydrogen) atoms. The maximum absolute atomic E-state index is 12.8. The van der Waals surface area contributed by atoms with Crippen LogP contribution in [0.4, 0.5) is 5.69 Å². The number of thiophene rings is 1. The minimum absolute atomic E-state index is 0.186. The molecule has 0 aliphatic heterocycles. The first kappa shape index (κ1) is 19.7. The molecule has 3 aromatic heterocycles. The van der Waals surface area contributed by atoms with Crippen LogP contribution in [0.1, 0.15) is 5.56 Å². The molecule has 0 bridgehead atoms. The van der Waals surface area contributed by atoms with Crippen LogP contribution in [0.2, 0.25) is 0 Å². The van der Waals surface area contributed by atoms with Crippen molar-refractivity contribution in [2.75, 3.05) is 5.32 Å². The van der Waals surface area contributed by atoms with Crippen molar-refractivity contribution in [3.8, 4) is 11.1 Å². The zero-order valence-corrected chi connectivity index (χ0v) is 18.8.